The van der Waals surface area contributed by atoms with Crippen molar-refractivity contribution in [2.45, 2.75) is 19.4 Å². The van der Waals surface area contributed by atoms with Gasteiger partial charge < -0.3 is 5.32 Å². The van der Waals surface area contributed by atoms with Crippen LogP contribution < -0.4 is 5.32 Å². The van der Waals surface area contributed by atoms with E-state index in [0.717, 1.165) is 27.2 Å². The fraction of sp³-hybridized carbons (Fsp3) is 0.267. The topological polar surface area (TPSA) is 24.9 Å². The maximum absolute atomic E-state index is 6.29. The molecule has 0 aliphatic carbocycles. The molecule has 1 aromatic heterocycles. The van der Waals surface area contributed by atoms with Crippen LogP contribution in [0.15, 0.2) is 41.0 Å². The Morgan fingerprint density at radius 3 is 2.84 bits per heavy atom. The van der Waals surface area contributed by atoms with Crippen LogP contribution >= 0.6 is 27.5 Å². The van der Waals surface area contributed by atoms with Crippen LogP contribution in [0.5, 0.6) is 0 Å². The van der Waals surface area contributed by atoms with Gasteiger partial charge in [-0.05, 0) is 49.4 Å². The number of rotatable bonds is 4. The highest BCUT2D eigenvalue weighted by Gasteiger charge is 2.15. The molecule has 2 nitrogen and oxygen atoms in total. The molecule has 1 aromatic carbocycles. The van der Waals surface area contributed by atoms with Gasteiger partial charge in [0.25, 0.3) is 0 Å². The van der Waals surface area contributed by atoms with Gasteiger partial charge in [0.1, 0.15) is 0 Å². The van der Waals surface area contributed by atoms with Gasteiger partial charge >= 0.3 is 0 Å². The lowest BCUT2D eigenvalue weighted by molar-refractivity contribution is 0.582. The number of aryl methyl sites for hydroxylation is 1. The Labute approximate surface area is 127 Å². The summed E-state index contributed by atoms with van der Waals surface area (Å²) < 4.78 is 1.03. The average Bonchev–Trinajstić information content (AvgIpc) is 2.41. The minimum atomic E-state index is 0.151. The van der Waals surface area contributed by atoms with Crippen LogP contribution in [0.4, 0.5) is 0 Å². The summed E-state index contributed by atoms with van der Waals surface area (Å²) >= 11 is 9.79. The van der Waals surface area contributed by atoms with Gasteiger partial charge in [0, 0.05) is 33.8 Å². The number of nitrogens with one attached hydrogen (secondary N) is 1. The van der Waals surface area contributed by atoms with Crippen molar-refractivity contribution in [1.82, 2.24) is 10.3 Å². The maximum atomic E-state index is 6.29. The van der Waals surface area contributed by atoms with Gasteiger partial charge in [0.15, 0.2) is 0 Å². The van der Waals surface area contributed by atoms with Crippen LogP contribution in [0.2, 0.25) is 5.02 Å². The molecule has 2 aromatic rings. The summed E-state index contributed by atoms with van der Waals surface area (Å²) in [5.74, 6) is 0. The Hall–Kier alpha value is -0.900. The van der Waals surface area contributed by atoms with Crippen molar-refractivity contribution in [3.63, 3.8) is 0 Å². The molecule has 19 heavy (non-hydrogen) atoms. The van der Waals surface area contributed by atoms with Gasteiger partial charge in [0.2, 0.25) is 0 Å². The zero-order valence-corrected chi connectivity index (χ0v) is 13.3. The van der Waals surface area contributed by atoms with E-state index in [4.69, 9.17) is 11.6 Å². The van der Waals surface area contributed by atoms with E-state index in [9.17, 15) is 0 Å². The van der Waals surface area contributed by atoms with Crippen molar-refractivity contribution in [1.29, 1.82) is 0 Å². The molecular formula is C15H16BrClN2. The normalized spacial score (nSPS) is 12.4. The number of pyridine rings is 1. The number of nitrogens with zero attached hydrogens (tertiary/aromatic N) is 1. The molecular weight excluding hydrogens is 324 g/mol. The van der Waals surface area contributed by atoms with E-state index in [2.05, 4.69) is 45.3 Å². The first kappa shape index (κ1) is 14.5. The highest BCUT2D eigenvalue weighted by Crippen LogP contribution is 2.28. The van der Waals surface area contributed by atoms with Crippen LogP contribution in [0.3, 0.4) is 0 Å². The van der Waals surface area contributed by atoms with E-state index in [1.807, 2.05) is 31.4 Å². The quantitative estimate of drug-likeness (QED) is 0.898. The standard InChI is InChI=1S/C15H16BrClN2/c1-10-4-3-7-19-14(10)9-15(18-2)12-8-11(16)5-6-13(12)17/h3-8,15,18H,9H2,1-2H3. The van der Waals surface area contributed by atoms with Gasteiger partial charge in [-0.15, -0.1) is 0 Å². The van der Waals surface area contributed by atoms with Gasteiger partial charge in [0.05, 0.1) is 0 Å². The summed E-state index contributed by atoms with van der Waals surface area (Å²) in [6.45, 7) is 2.08. The van der Waals surface area contributed by atoms with Crippen molar-refractivity contribution in [2.75, 3.05) is 7.05 Å². The number of likely N-dealkylation sites (N-methyl/N-ethyl adjacent to an activating group) is 1. The van der Waals surface area contributed by atoms with Gasteiger partial charge in [-0.2, -0.15) is 0 Å². The lowest BCUT2D eigenvalue weighted by atomic mass is 10.00. The zero-order chi connectivity index (χ0) is 13.8. The van der Waals surface area contributed by atoms with Gasteiger partial charge in [-0.1, -0.05) is 33.6 Å². The molecule has 0 aliphatic rings. The highest BCUT2D eigenvalue weighted by molar-refractivity contribution is 9.10. The smallest absolute Gasteiger partial charge is 0.0454 e. The monoisotopic (exact) mass is 338 g/mol. The van der Waals surface area contributed by atoms with Crippen LogP contribution in [0, 0.1) is 6.92 Å². The lowest BCUT2D eigenvalue weighted by Gasteiger charge is -2.19. The predicted octanol–water partition coefficient (Wildman–Crippen LogP) is 4.31. The molecule has 0 amide bonds. The molecule has 0 spiro atoms. The molecule has 0 saturated carbocycles. The summed E-state index contributed by atoms with van der Waals surface area (Å²) in [4.78, 5) is 4.45. The molecule has 1 unspecified atom stereocenters. The number of hydrogen-bond donors (Lipinski definition) is 1. The third-order valence-electron chi connectivity index (χ3n) is 3.20. The summed E-state index contributed by atoms with van der Waals surface area (Å²) in [5, 5.41) is 4.09. The van der Waals surface area contributed by atoms with E-state index >= 15 is 0 Å². The molecule has 0 aliphatic heterocycles. The zero-order valence-electron chi connectivity index (χ0n) is 11.0. The predicted molar refractivity (Wildman–Crippen MR) is 83.6 cm³/mol. The number of aromatic nitrogens is 1. The van der Waals surface area contributed by atoms with Crippen molar-refractivity contribution >= 4 is 27.5 Å². The van der Waals surface area contributed by atoms with Crippen LogP contribution in [-0.2, 0) is 6.42 Å². The SMILES string of the molecule is CNC(Cc1ncccc1C)c1cc(Br)ccc1Cl. The Morgan fingerprint density at radius 2 is 2.16 bits per heavy atom. The van der Waals surface area contributed by atoms with Crippen molar-refractivity contribution in [3.8, 4) is 0 Å². The molecule has 0 radical (unpaired) electrons. The summed E-state index contributed by atoms with van der Waals surface area (Å²) in [6, 6.07) is 10.1. The summed E-state index contributed by atoms with van der Waals surface area (Å²) in [5.41, 5.74) is 3.38. The first-order valence-corrected chi connectivity index (χ1v) is 7.31. The van der Waals surface area contributed by atoms with Crippen LogP contribution in [0.1, 0.15) is 22.9 Å². The Balaban J connectivity index is 2.30. The van der Waals surface area contributed by atoms with Gasteiger partial charge in [-0.25, -0.2) is 0 Å². The fourth-order valence-corrected chi connectivity index (χ4v) is 2.70. The Bertz CT molecular complexity index is 572. The second-order valence-corrected chi connectivity index (χ2v) is 5.80. The summed E-state index contributed by atoms with van der Waals surface area (Å²) in [6.07, 6.45) is 2.65. The molecule has 1 N–H and O–H groups in total. The molecule has 1 heterocycles. The Kier molecular flexibility index (Phi) is 4.97. The fourth-order valence-electron chi connectivity index (χ4n) is 2.07. The van der Waals surface area contributed by atoms with E-state index in [1.165, 1.54) is 5.56 Å². The second-order valence-electron chi connectivity index (χ2n) is 4.48. The van der Waals surface area contributed by atoms with E-state index in [1.54, 1.807) is 0 Å². The number of benzene rings is 1. The Morgan fingerprint density at radius 1 is 1.37 bits per heavy atom. The van der Waals surface area contributed by atoms with E-state index < -0.39 is 0 Å². The van der Waals surface area contributed by atoms with E-state index in [0.29, 0.717) is 0 Å². The molecule has 4 heteroatoms. The molecule has 0 fully saturated rings. The molecule has 0 saturated heterocycles. The minimum Gasteiger partial charge on any atom is -0.313 e. The first-order valence-electron chi connectivity index (χ1n) is 6.14. The van der Waals surface area contributed by atoms with Crippen LogP contribution in [-0.4, -0.2) is 12.0 Å². The second kappa shape index (κ2) is 6.51. The van der Waals surface area contributed by atoms with Crippen molar-refractivity contribution in [3.05, 3.63) is 62.8 Å². The maximum Gasteiger partial charge on any atom is 0.0454 e. The molecule has 0 bridgehead atoms. The third-order valence-corrected chi connectivity index (χ3v) is 4.03. The van der Waals surface area contributed by atoms with Gasteiger partial charge in [-0.3, -0.25) is 4.98 Å². The molecule has 1 atom stereocenters. The third kappa shape index (κ3) is 3.56. The first-order chi connectivity index (χ1) is 9.11. The molecule has 100 valence electrons. The van der Waals surface area contributed by atoms with E-state index in [-0.39, 0.29) is 6.04 Å². The number of halogens is 2. The lowest BCUT2D eigenvalue weighted by Crippen LogP contribution is -2.20. The molecule has 2 rings (SSSR count). The minimum absolute atomic E-state index is 0.151. The largest absolute Gasteiger partial charge is 0.313 e. The van der Waals surface area contributed by atoms with Crippen LogP contribution in [0.25, 0.3) is 0 Å². The van der Waals surface area contributed by atoms with Crippen molar-refractivity contribution in [2.24, 2.45) is 0 Å². The summed E-state index contributed by atoms with van der Waals surface area (Å²) in [7, 11) is 1.94. The number of hydrogen-bond acceptors (Lipinski definition) is 2. The van der Waals surface area contributed by atoms with Crippen molar-refractivity contribution < 1.29 is 0 Å². The highest BCUT2D eigenvalue weighted by atomic mass is 79.9. The average molecular weight is 340 g/mol.